The smallest absolute Gasteiger partial charge is 0.381 e. The number of ether oxygens (including phenoxy) is 1. The molecule has 0 amide bonds. The molecule has 1 aromatic rings. The van der Waals surface area contributed by atoms with E-state index in [1.54, 1.807) is 0 Å². The summed E-state index contributed by atoms with van der Waals surface area (Å²) in [5.41, 5.74) is 0. The van der Waals surface area contributed by atoms with Crippen molar-refractivity contribution in [3.63, 3.8) is 0 Å². The average molecular weight is 349 g/mol. The highest BCUT2D eigenvalue weighted by atomic mass is 32.1. The molecule has 3 unspecified atom stereocenters. The highest BCUT2D eigenvalue weighted by molar-refractivity contribution is 7.15. The summed E-state index contributed by atoms with van der Waals surface area (Å²) in [5.74, 6) is -0.00498. The zero-order valence-electron chi connectivity index (χ0n) is 13.3. The van der Waals surface area contributed by atoms with E-state index in [0.29, 0.717) is 12.3 Å². The van der Waals surface area contributed by atoms with Gasteiger partial charge in [-0.05, 0) is 39.0 Å². The monoisotopic (exact) mass is 349 g/mol. The highest BCUT2D eigenvalue weighted by Crippen LogP contribution is 2.42. The summed E-state index contributed by atoms with van der Waals surface area (Å²) in [5, 5.41) is 10.3. The predicted molar refractivity (Wildman–Crippen MR) is 82.9 cm³/mol. The second-order valence-electron chi connectivity index (χ2n) is 6.62. The number of hydrogen-bond acceptors (Lipinski definition) is 5. The molecule has 8 heteroatoms. The Labute approximate surface area is 138 Å². The number of halogens is 3. The molecule has 2 aliphatic heterocycles. The molecule has 2 saturated heterocycles. The molecule has 1 aromatic heterocycles. The first-order chi connectivity index (χ1) is 10.8. The first-order valence-corrected chi connectivity index (χ1v) is 8.93. The molecule has 0 bridgehead atoms. The minimum Gasteiger partial charge on any atom is -0.381 e. The summed E-state index contributed by atoms with van der Waals surface area (Å²) in [4.78, 5) is 2.02. The molecule has 0 aromatic carbocycles. The van der Waals surface area contributed by atoms with Gasteiger partial charge in [0, 0.05) is 37.6 Å². The Bertz CT molecular complexity index is 530. The van der Waals surface area contributed by atoms with Gasteiger partial charge in [-0.2, -0.15) is 13.2 Å². The Kier molecular flexibility index (Phi) is 4.83. The number of nitrogens with zero attached hydrogens (tertiary/aromatic N) is 3. The van der Waals surface area contributed by atoms with Crippen molar-refractivity contribution in [2.45, 2.75) is 63.7 Å². The average Bonchev–Trinajstić information content (AvgIpc) is 3.04. The minimum absolute atomic E-state index is 0.0628. The summed E-state index contributed by atoms with van der Waals surface area (Å²) in [6.45, 7) is 5.32. The van der Waals surface area contributed by atoms with Gasteiger partial charge in [0.2, 0.25) is 5.13 Å². The standard InChI is InChI=1S/C15H22F3N3OS/c1-9-7-12(8-15(16,17)18)10(2)21(9)14-20-19-13(23-14)11-3-5-22-6-4-11/h9-12H,3-8H2,1-2H3. The zero-order valence-corrected chi connectivity index (χ0v) is 14.2. The van der Waals surface area contributed by atoms with Crippen LogP contribution in [0.1, 0.15) is 50.5 Å². The third-order valence-corrected chi connectivity index (χ3v) is 6.05. The van der Waals surface area contributed by atoms with Crippen molar-refractivity contribution >= 4 is 16.5 Å². The maximum Gasteiger partial charge on any atom is 0.389 e. The van der Waals surface area contributed by atoms with Crippen LogP contribution in [0.15, 0.2) is 0 Å². The minimum atomic E-state index is -4.11. The first-order valence-electron chi connectivity index (χ1n) is 8.11. The second-order valence-corrected chi connectivity index (χ2v) is 7.61. The Hall–Kier alpha value is -0.890. The topological polar surface area (TPSA) is 38.2 Å². The van der Waals surface area contributed by atoms with E-state index in [2.05, 4.69) is 10.2 Å². The summed E-state index contributed by atoms with van der Waals surface area (Å²) < 4.78 is 43.5. The van der Waals surface area contributed by atoms with Crippen LogP contribution in [0, 0.1) is 5.92 Å². The first kappa shape index (κ1) is 17.0. The van der Waals surface area contributed by atoms with Gasteiger partial charge in [0.1, 0.15) is 5.01 Å². The highest BCUT2D eigenvalue weighted by Gasteiger charge is 2.43. The fourth-order valence-electron chi connectivity index (χ4n) is 3.73. The van der Waals surface area contributed by atoms with Crippen LogP contribution in [0.3, 0.4) is 0 Å². The maximum atomic E-state index is 12.7. The van der Waals surface area contributed by atoms with Crippen LogP contribution >= 0.6 is 11.3 Å². The molecule has 4 nitrogen and oxygen atoms in total. The van der Waals surface area contributed by atoms with Gasteiger partial charge in [0.05, 0.1) is 0 Å². The van der Waals surface area contributed by atoms with Gasteiger partial charge in [-0.15, -0.1) is 10.2 Å². The number of anilines is 1. The normalized spacial score (nSPS) is 30.1. The summed E-state index contributed by atoms with van der Waals surface area (Å²) in [6.07, 6.45) is -2.40. The number of rotatable bonds is 3. The van der Waals surface area contributed by atoms with Crippen molar-refractivity contribution in [3.8, 4) is 0 Å². The predicted octanol–water partition coefficient (Wildman–Crippen LogP) is 3.99. The van der Waals surface area contributed by atoms with Gasteiger partial charge in [0.15, 0.2) is 0 Å². The molecule has 2 fully saturated rings. The van der Waals surface area contributed by atoms with Crippen molar-refractivity contribution in [1.29, 1.82) is 0 Å². The Morgan fingerprint density at radius 3 is 2.57 bits per heavy atom. The SMILES string of the molecule is CC1CC(CC(F)(F)F)C(C)N1c1nnc(C2CCOCC2)s1. The molecule has 130 valence electrons. The third kappa shape index (κ3) is 3.79. The number of alkyl halides is 3. The molecule has 0 radical (unpaired) electrons. The molecule has 2 aliphatic rings. The van der Waals surface area contributed by atoms with E-state index < -0.39 is 12.6 Å². The summed E-state index contributed by atoms with van der Waals surface area (Å²) >= 11 is 1.53. The lowest BCUT2D eigenvalue weighted by Crippen LogP contribution is -2.35. The van der Waals surface area contributed by atoms with E-state index in [4.69, 9.17) is 4.74 Å². The van der Waals surface area contributed by atoms with E-state index in [0.717, 1.165) is 36.2 Å². The molecule has 3 heterocycles. The van der Waals surface area contributed by atoms with Gasteiger partial charge >= 0.3 is 6.18 Å². The van der Waals surface area contributed by atoms with Crippen LogP contribution in [0.2, 0.25) is 0 Å². The fraction of sp³-hybridized carbons (Fsp3) is 0.867. The fourth-order valence-corrected chi connectivity index (χ4v) is 4.94. The molecule has 3 rings (SSSR count). The van der Waals surface area contributed by atoms with E-state index in [-0.39, 0.29) is 18.0 Å². The van der Waals surface area contributed by atoms with E-state index in [1.165, 1.54) is 11.3 Å². The van der Waals surface area contributed by atoms with Gasteiger partial charge in [-0.3, -0.25) is 0 Å². The van der Waals surface area contributed by atoms with Crippen LogP contribution < -0.4 is 4.90 Å². The van der Waals surface area contributed by atoms with Crippen LogP contribution in [0.4, 0.5) is 18.3 Å². The van der Waals surface area contributed by atoms with Crippen molar-refractivity contribution in [3.05, 3.63) is 5.01 Å². The van der Waals surface area contributed by atoms with Crippen molar-refractivity contribution in [2.75, 3.05) is 18.1 Å². The molecule has 0 spiro atoms. The summed E-state index contributed by atoms with van der Waals surface area (Å²) in [7, 11) is 0. The number of hydrogen-bond donors (Lipinski definition) is 0. The van der Waals surface area contributed by atoms with Gasteiger partial charge in [0.25, 0.3) is 0 Å². The zero-order chi connectivity index (χ0) is 16.6. The van der Waals surface area contributed by atoms with Crippen LogP contribution in [-0.4, -0.2) is 41.7 Å². The molecule has 23 heavy (non-hydrogen) atoms. The molecule has 0 saturated carbocycles. The molecule has 3 atom stereocenters. The van der Waals surface area contributed by atoms with Crippen LogP contribution in [-0.2, 0) is 4.74 Å². The van der Waals surface area contributed by atoms with E-state index in [9.17, 15) is 13.2 Å². The number of aromatic nitrogens is 2. The van der Waals surface area contributed by atoms with Gasteiger partial charge < -0.3 is 9.64 Å². The van der Waals surface area contributed by atoms with E-state index in [1.807, 2.05) is 18.7 Å². The quantitative estimate of drug-likeness (QED) is 0.827. The molecule has 0 N–H and O–H groups in total. The van der Waals surface area contributed by atoms with Crippen molar-refractivity contribution in [1.82, 2.24) is 10.2 Å². The lowest BCUT2D eigenvalue weighted by atomic mass is 9.96. The lowest BCUT2D eigenvalue weighted by molar-refractivity contribution is -0.144. The van der Waals surface area contributed by atoms with Gasteiger partial charge in [-0.25, -0.2) is 0 Å². The second kappa shape index (κ2) is 6.55. The van der Waals surface area contributed by atoms with E-state index >= 15 is 0 Å². The molecular formula is C15H22F3N3OS. The van der Waals surface area contributed by atoms with Crippen molar-refractivity contribution in [2.24, 2.45) is 5.92 Å². The third-order valence-electron chi connectivity index (χ3n) is 4.95. The van der Waals surface area contributed by atoms with Crippen molar-refractivity contribution < 1.29 is 17.9 Å². The Balaban J connectivity index is 1.72. The summed E-state index contributed by atoms with van der Waals surface area (Å²) in [6, 6.07) is -0.102. The lowest BCUT2D eigenvalue weighted by Gasteiger charge is -2.27. The van der Waals surface area contributed by atoms with Crippen LogP contribution in [0.25, 0.3) is 0 Å². The molecular weight excluding hydrogens is 327 g/mol. The van der Waals surface area contributed by atoms with Crippen LogP contribution in [0.5, 0.6) is 0 Å². The van der Waals surface area contributed by atoms with Gasteiger partial charge in [-0.1, -0.05) is 11.3 Å². The maximum absolute atomic E-state index is 12.7. The Morgan fingerprint density at radius 2 is 1.91 bits per heavy atom. The Morgan fingerprint density at radius 1 is 1.22 bits per heavy atom. The largest absolute Gasteiger partial charge is 0.389 e. The molecule has 0 aliphatic carbocycles.